The molecule has 1 saturated carbocycles. The molecule has 7 nitrogen and oxygen atoms in total. The molecule has 1 atom stereocenters. The minimum absolute atomic E-state index is 0.0632. The monoisotopic (exact) mass is 590 g/mol. The third kappa shape index (κ3) is 5.74. The summed E-state index contributed by atoms with van der Waals surface area (Å²) in [4.78, 5) is 16.4. The molecule has 5 aromatic rings. The highest BCUT2D eigenvalue weighted by Gasteiger charge is 2.29. The van der Waals surface area contributed by atoms with E-state index in [1.165, 1.54) is 47.0 Å². The van der Waals surface area contributed by atoms with Crippen molar-refractivity contribution in [2.75, 3.05) is 0 Å². The van der Waals surface area contributed by atoms with Crippen molar-refractivity contribution in [1.29, 1.82) is 0 Å². The van der Waals surface area contributed by atoms with Gasteiger partial charge in [-0.15, -0.1) is 11.3 Å². The third-order valence-corrected chi connectivity index (χ3v) is 8.65. The highest BCUT2D eigenvalue weighted by molar-refractivity contribution is 7.82. The van der Waals surface area contributed by atoms with Crippen LogP contribution in [0.4, 0.5) is 8.78 Å². The maximum absolute atomic E-state index is 15.0. The molecule has 3 aromatic carbocycles. The van der Waals surface area contributed by atoms with E-state index in [4.69, 9.17) is 10.2 Å². The molecule has 11 heteroatoms. The maximum Gasteiger partial charge on any atom is 0.355 e. The van der Waals surface area contributed by atoms with Crippen LogP contribution in [-0.2, 0) is 23.8 Å². The van der Waals surface area contributed by atoms with Crippen molar-refractivity contribution in [3.8, 4) is 27.5 Å². The number of aromatic carboxylic acids is 1. The number of carboxylic acid groups (broad SMARTS) is 1. The van der Waals surface area contributed by atoms with Gasteiger partial charge in [0.2, 0.25) is 5.13 Å². The lowest BCUT2D eigenvalue weighted by molar-refractivity contribution is 0.0691. The van der Waals surface area contributed by atoms with Crippen LogP contribution < -0.4 is 5.14 Å². The second kappa shape index (κ2) is 11.1. The number of rotatable bonds is 9. The fourth-order valence-electron chi connectivity index (χ4n) is 4.79. The lowest BCUT2D eigenvalue weighted by Crippen LogP contribution is -2.06. The van der Waals surface area contributed by atoms with Crippen LogP contribution in [0.5, 0.6) is 0 Å². The number of aromatic nitrogens is 3. The standard InChI is InChI=1S/C30H24F2N4O3S2/c31-21-8-5-19(6-9-21)23-15-20(7-12-25(23)32)28-24(13-17-3-10-22(11-4-17)41(33)39)27(14-18-1-2-18)36(35-28)30-34-26(16-40-30)29(37)38/h3-12,15-16,18H,1-2,13-14,33H2,(H,37,38). The van der Waals surface area contributed by atoms with Crippen LogP contribution in [0.2, 0.25) is 0 Å². The van der Waals surface area contributed by atoms with Crippen molar-refractivity contribution < 1.29 is 22.9 Å². The molecule has 0 amide bonds. The van der Waals surface area contributed by atoms with Crippen molar-refractivity contribution in [3.63, 3.8) is 0 Å². The molecule has 208 valence electrons. The molecule has 6 rings (SSSR count). The van der Waals surface area contributed by atoms with Crippen LogP contribution in [0.3, 0.4) is 0 Å². The van der Waals surface area contributed by atoms with Crippen molar-refractivity contribution in [3.05, 3.63) is 106 Å². The summed E-state index contributed by atoms with van der Waals surface area (Å²) in [5.74, 6) is -1.51. The Labute approximate surface area is 240 Å². The molecular weight excluding hydrogens is 566 g/mol. The van der Waals surface area contributed by atoms with E-state index in [0.717, 1.165) is 36.1 Å². The second-order valence-electron chi connectivity index (χ2n) is 9.97. The highest BCUT2D eigenvalue weighted by Crippen LogP contribution is 2.39. The van der Waals surface area contributed by atoms with E-state index in [1.807, 2.05) is 12.1 Å². The molecule has 0 aliphatic heterocycles. The molecule has 0 spiro atoms. The van der Waals surface area contributed by atoms with E-state index in [0.29, 0.717) is 44.8 Å². The van der Waals surface area contributed by atoms with Gasteiger partial charge in [0.15, 0.2) is 5.69 Å². The Morgan fingerprint density at radius 1 is 1.05 bits per heavy atom. The molecule has 41 heavy (non-hydrogen) atoms. The van der Waals surface area contributed by atoms with Gasteiger partial charge in [0.05, 0.1) is 16.3 Å². The number of nitrogens with two attached hydrogens (primary N) is 1. The van der Waals surface area contributed by atoms with Gasteiger partial charge in [0.1, 0.15) is 22.6 Å². The fraction of sp³-hybridized carbons (Fsp3) is 0.167. The van der Waals surface area contributed by atoms with E-state index < -0.39 is 28.6 Å². The zero-order valence-electron chi connectivity index (χ0n) is 21.6. The SMILES string of the molecule is NS(=O)c1ccc(Cc2c(-c3ccc(F)c(-c4ccc(F)cc4)c3)nn(-c3nc(C(=O)O)cs3)c2CC2CC2)cc1. The van der Waals surface area contributed by atoms with Crippen molar-refractivity contribution in [2.45, 2.75) is 30.6 Å². The number of hydrogen-bond donors (Lipinski definition) is 2. The molecule has 2 heterocycles. The van der Waals surface area contributed by atoms with Gasteiger partial charge < -0.3 is 5.11 Å². The first-order valence-electron chi connectivity index (χ1n) is 12.9. The summed E-state index contributed by atoms with van der Waals surface area (Å²) in [5, 5.41) is 21.9. The summed E-state index contributed by atoms with van der Waals surface area (Å²) in [5.41, 5.74) is 4.80. The molecule has 1 unspecified atom stereocenters. The van der Waals surface area contributed by atoms with Crippen LogP contribution in [-0.4, -0.2) is 30.0 Å². The molecule has 3 N–H and O–H groups in total. The maximum atomic E-state index is 15.0. The van der Waals surface area contributed by atoms with Gasteiger partial charge in [-0.2, -0.15) is 5.10 Å². The number of carboxylic acids is 1. The minimum Gasteiger partial charge on any atom is -0.476 e. The van der Waals surface area contributed by atoms with Crippen LogP contribution in [0.25, 0.3) is 27.5 Å². The van der Waals surface area contributed by atoms with Crippen LogP contribution in [0, 0.1) is 17.6 Å². The van der Waals surface area contributed by atoms with Crippen LogP contribution in [0.15, 0.2) is 77.0 Å². The third-order valence-electron chi connectivity index (χ3n) is 7.09. The zero-order chi connectivity index (χ0) is 28.7. The normalized spacial score (nSPS) is 13.8. The van der Waals surface area contributed by atoms with Crippen LogP contribution in [0.1, 0.15) is 40.2 Å². The van der Waals surface area contributed by atoms with Crippen molar-refractivity contribution >= 4 is 28.3 Å². The number of halogens is 2. The first-order chi connectivity index (χ1) is 19.8. The Hall–Kier alpha value is -4.06. The molecule has 1 fully saturated rings. The summed E-state index contributed by atoms with van der Waals surface area (Å²) in [7, 11) is -1.60. The first kappa shape index (κ1) is 27.1. The van der Waals surface area contributed by atoms with Gasteiger partial charge in [0.25, 0.3) is 0 Å². The molecule has 0 saturated heterocycles. The van der Waals surface area contributed by atoms with Crippen molar-refractivity contribution in [1.82, 2.24) is 14.8 Å². The van der Waals surface area contributed by atoms with E-state index >= 15 is 4.39 Å². The Morgan fingerprint density at radius 3 is 2.39 bits per heavy atom. The Morgan fingerprint density at radius 2 is 1.76 bits per heavy atom. The number of benzene rings is 3. The predicted molar refractivity (Wildman–Crippen MR) is 153 cm³/mol. The molecule has 1 aliphatic rings. The average molecular weight is 591 g/mol. The summed E-state index contributed by atoms with van der Waals surface area (Å²) < 4.78 is 42.0. The molecule has 0 bridgehead atoms. The van der Waals surface area contributed by atoms with Gasteiger partial charge >= 0.3 is 5.97 Å². The van der Waals surface area contributed by atoms with Gasteiger partial charge in [-0.1, -0.05) is 24.3 Å². The van der Waals surface area contributed by atoms with Gasteiger partial charge in [0, 0.05) is 28.5 Å². The zero-order valence-corrected chi connectivity index (χ0v) is 23.2. The minimum atomic E-state index is -1.60. The summed E-state index contributed by atoms with van der Waals surface area (Å²) in [6, 6.07) is 17.5. The number of carbonyl (C=O) groups is 1. The lowest BCUT2D eigenvalue weighted by atomic mass is 9.95. The summed E-state index contributed by atoms with van der Waals surface area (Å²) in [6.45, 7) is 0. The Bertz CT molecular complexity index is 1780. The number of hydrogen-bond acceptors (Lipinski definition) is 5. The topological polar surface area (TPSA) is 111 Å². The molecular formula is C30H24F2N4O3S2. The predicted octanol–water partition coefficient (Wildman–Crippen LogP) is 6.16. The Balaban J connectivity index is 1.52. The number of nitrogens with zero attached hydrogens (tertiary/aromatic N) is 3. The lowest BCUT2D eigenvalue weighted by Gasteiger charge is -2.10. The van der Waals surface area contributed by atoms with E-state index in [-0.39, 0.29) is 5.69 Å². The van der Waals surface area contributed by atoms with E-state index in [1.54, 1.807) is 28.9 Å². The smallest absolute Gasteiger partial charge is 0.355 e. The average Bonchev–Trinajstić information content (AvgIpc) is 3.52. The van der Waals surface area contributed by atoms with Gasteiger partial charge in [-0.05, 0) is 78.8 Å². The highest BCUT2D eigenvalue weighted by atomic mass is 32.2. The molecule has 0 radical (unpaired) electrons. The first-order valence-corrected chi connectivity index (χ1v) is 15.0. The van der Waals surface area contributed by atoms with Crippen molar-refractivity contribution in [2.24, 2.45) is 11.1 Å². The molecule has 2 aromatic heterocycles. The van der Waals surface area contributed by atoms with Gasteiger partial charge in [-0.25, -0.2) is 32.6 Å². The largest absolute Gasteiger partial charge is 0.476 e. The van der Waals surface area contributed by atoms with E-state index in [9.17, 15) is 18.5 Å². The summed E-state index contributed by atoms with van der Waals surface area (Å²) >= 11 is 1.19. The molecule has 1 aliphatic carbocycles. The van der Waals surface area contributed by atoms with Gasteiger partial charge in [-0.3, -0.25) is 0 Å². The van der Waals surface area contributed by atoms with Crippen LogP contribution >= 0.6 is 11.3 Å². The van der Waals surface area contributed by atoms with E-state index in [2.05, 4.69) is 4.98 Å². The second-order valence-corrected chi connectivity index (χ2v) is 11.9. The fourth-order valence-corrected chi connectivity index (χ4v) is 5.97. The Kier molecular flexibility index (Phi) is 7.33. The summed E-state index contributed by atoms with van der Waals surface area (Å²) in [6.07, 6.45) is 3.36. The quantitative estimate of drug-likeness (QED) is 0.214. The number of thiazole rings is 1.